The Hall–Kier alpha value is -0.670. The van der Waals surface area contributed by atoms with Crippen LogP contribution in [0.1, 0.15) is 44.5 Å². The average molecular weight is 312 g/mol. The highest BCUT2D eigenvalue weighted by molar-refractivity contribution is 9.10. The van der Waals surface area contributed by atoms with Crippen LogP contribution >= 0.6 is 15.9 Å². The van der Waals surface area contributed by atoms with Crippen molar-refractivity contribution in [1.82, 2.24) is 4.90 Å². The summed E-state index contributed by atoms with van der Waals surface area (Å²) in [5, 5.41) is 0. The molecule has 0 amide bonds. The van der Waals surface area contributed by atoms with Gasteiger partial charge in [0.1, 0.15) is 0 Å². The van der Waals surface area contributed by atoms with E-state index < -0.39 is 0 Å². The Morgan fingerprint density at radius 3 is 2.22 bits per heavy atom. The molecule has 1 rings (SSSR count). The van der Waals surface area contributed by atoms with Gasteiger partial charge in [-0.2, -0.15) is 0 Å². The first-order valence-corrected chi connectivity index (χ1v) is 7.36. The SMILES string of the molecule is CCC(C)N(CC)C(C)C(=O)c1ccc(Br)cc1. The van der Waals surface area contributed by atoms with Gasteiger partial charge < -0.3 is 0 Å². The molecule has 18 heavy (non-hydrogen) atoms. The van der Waals surface area contributed by atoms with Crippen LogP contribution < -0.4 is 0 Å². The number of benzene rings is 1. The Balaban J connectivity index is 2.85. The van der Waals surface area contributed by atoms with Gasteiger partial charge in [0.05, 0.1) is 6.04 Å². The zero-order valence-corrected chi connectivity index (χ0v) is 13.2. The molecule has 0 aliphatic carbocycles. The van der Waals surface area contributed by atoms with E-state index in [4.69, 9.17) is 0 Å². The predicted octanol–water partition coefficient (Wildman–Crippen LogP) is 4.14. The van der Waals surface area contributed by atoms with E-state index in [1.807, 2.05) is 31.2 Å². The van der Waals surface area contributed by atoms with E-state index in [-0.39, 0.29) is 11.8 Å². The molecule has 2 unspecified atom stereocenters. The topological polar surface area (TPSA) is 20.3 Å². The second-order valence-corrected chi connectivity index (χ2v) is 5.55. The average Bonchev–Trinajstić information content (AvgIpc) is 2.39. The molecule has 2 atom stereocenters. The Kier molecular flexibility index (Phi) is 6.03. The summed E-state index contributed by atoms with van der Waals surface area (Å²) >= 11 is 3.39. The molecule has 0 saturated carbocycles. The number of hydrogen-bond acceptors (Lipinski definition) is 2. The van der Waals surface area contributed by atoms with Gasteiger partial charge in [0.15, 0.2) is 5.78 Å². The fourth-order valence-corrected chi connectivity index (χ4v) is 2.47. The molecule has 0 aliphatic heterocycles. The van der Waals surface area contributed by atoms with E-state index >= 15 is 0 Å². The Labute approximate surface area is 119 Å². The Bertz CT molecular complexity index is 388. The molecule has 0 saturated heterocycles. The van der Waals surface area contributed by atoms with Crippen LogP contribution in [0.3, 0.4) is 0 Å². The molecule has 0 radical (unpaired) electrons. The fraction of sp³-hybridized carbons (Fsp3) is 0.533. The van der Waals surface area contributed by atoms with Crippen LogP contribution in [0.5, 0.6) is 0 Å². The van der Waals surface area contributed by atoms with Crippen molar-refractivity contribution in [2.75, 3.05) is 6.54 Å². The van der Waals surface area contributed by atoms with Crippen molar-refractivity contribution in [3.05, 3.63) is 34.3 Å². The quantitative estimate of drug-likeness (QED) is 0.736. The third-order valence-corrected chi connectivity index (χ3v) is 4.06. The summed E-state index contributed by atoms with van der Waals surface area (Å²) in [6.45, 7) is 9.34. The maximum absolute atomic E-state index is 12.4. The van der Waals surface area contributed by atoms with Gasteiger partial charge in [-0.1, -0.05) is 41.9 Å². The van der Waals surface area contributed by atoms with Crippen molar-refractivity contribution in [2.45, 2.75) is 46.2 Å². The van der Waals surface area contributed by atoms with Crippen molar-refractivity contribution in [1.29, 1.82) is 0 Å². The molecule has 2 nitrogen and oxygen atoms in total. The number of ketones is 1. The lowest BCUT2D eigenvalue weighted by atomic mass is 10.0. The lowest BCUT2D eigenvalue weighted by Crippen LogP contribution is -2.44. The number of hydrogen-bond donors (Lipinski definition) is 0. The molecule has 0 aliphatic rings. The van der Waals surface area contributed by atoms with E-state index in [1.54, 1.807) is 0 Å². The largest absolute Gasteiger partial charge is 0.292 e. The summed E-state index contributed by atoms with van der Waals surface area (Å²) in [5.41, 5.74) is 0.785. The number of carbonyl (C=O) groups excluding carboxylic acids is 1. The monoisotopic (exact) mass is 311 g/mol. The highest BCUT2D eigenvalue weighted by Gasteiger charge is 2.24. The second-order valence-electron chi connectivity index (χ2n) is 4.63. The number of halogens is 1. The number of likely N-dealkylation sites (N-methyl/N-ethyl adjacent to an activating group) is 1. The zero-order valence-electron chi connectivity index (χ0n) is 11.6. The fourth-order valence-electron chi connectivity index (χ4n) is 2.21. The molecule has 0 N–H and O–H groups in total. The highest BCUT2D eigenvalue weighted by atomic mass is 79.9. The van der Waals surface area contributed by atoms with Crippen molar-refractivity contribution in [3.8, 4) is 0 Å². The third-order valence-electron chi connectivity index (χ3n) is 3.53. The summed E-state index contributed by atoms with van der Waals surface area (Å²) < 4.78 is 1.00. The first-order valence-electron chi connectivity index (χ1n) is 6.56. The standard InChI is InChI=1S/C15H22BrNO/c1-5-11(3)17(6-2)12(4)15(18)13-7-9-14(16)10-8-13/h7-12H,5-6H2,1-4H3. The smallest absolute Gasteiger partial charge is 0.179 e. The van der Waals surface area contributed by atoms with Crippen LogP contribution in [0.15, 0.2) is 28.7 Å². The van der Waals surface area contributed by atoms with Crippen molar-refractivity contribution < 1.29 is 4.79 Å². The van der Waals surface area contributed by atoms with Crippen LogP contribution in [0, 0.1) is 0 Å². The summed E-state index contributed by atoms with van der Waals surface area (Å²) in [4.78, 5) is 14.7. The van der Waals surface area contributed by atoms with E-state index in [1.165, 1.54) is 0 Å². The van der Waals surface area contributed by atoms with Gasteiger partial charge in [0.25, 0.3) is 0 Å². The summed E-state index contributed by atoms with van der Waals surface area (Å²) in [5.74, 6) is 0.199. The molecule has 0 spiro atoms. The van der Waals surface area contributed by atoms with Crippen molar-refractivity contribution in [2.24, 2.45) is 0 Å². The van der Waals surface area contributed by atoms with Gasteiger partial charge in [-0.15, -0.1) is 0 Å². The first-order chi connectivity index (χ1) is 8.51. The number of rotatable bonds is 6. The molecule has 100 valence electrons. The molecule has 1 aromatic rings. The van der Waals surface area contributed by atoms with Gasteiger partial charge in [-0.3, -0.25) is 9.69 Å². The molecule has 0 heterocycles. The van der Waals surface area contributed by atoms with E-state index in [9.17, 15) is 4.79 Å². The van der Waals surface area contributed by atoms with Gasteiger partial charge in [0, 0.05) is 16.1 Å². The first kappa shape index (κ1) is 15.4. The maximum Gasteiger partial charge on any atom is 0.179 e. The molecule has 0 bridgehead atoms. The van der Waals surface area contributed by atoms with Crippen LogP contribution in [-0.2, 0) is 0 Å². The molecule has 3 heteroatoms. The number of carbonyl (C=O) groups is 1. The summed E-state index contributed by atoms with van der Waals surface area (Å²) in [6, 6.07) is 7.97. The second kappa shape index (κ2) is 7.05. The van der Waals surface area contributed by atoms with Crippen molar-refractivity contribution >= 4 is 21.7 Å². The lowest BCUT2D eigenvalue weighted by Gasteiger charge is -2.32. The van der Waals surface area contributed by atoms with E-state index in [0.717, 1.165) is 23.0 Å². The normalized spacial score (nSPS) is 14.6. The van der Waals surface area contributed by atoms with Gasteiger partial charge in [-0.25, -0.2) is 0 Å². The molecular weight excluding hydrogens is 290 g/mol. The number of nitrogens with zero attached hydrogens (tertiary/aromatic N) is 1. The van der Waals surface area contributed by atoms with E-state index in [2.05, 4.69) is 41.6 Å². The maximum atomic E-state index is 12.4. The van der Waals surface area contributed by atoms with Gasteiger partial charge >= 0.3 is 0 Å². The number of Topliss-reactive ketones (excluding diaryl/α,β-unsaturated/α-hetero) is 1. The minimum absolute atomic E-state index is 0.0638. The van der Waals surface area contributed by atoms with Crippen LogP contribution in [0.2, 0.25) is 0 Å². The molecule has 0 fully saturated rings. The minimum Gasteiger partial charge on any atom is -0.292 e. The highest BCUT2D eigenvalue weighted by Crippen LogP contribution is 2.16. The van der Waals surface area contributed by atoms with Crippen LogP contribution in [-0.4, -0.2) is 29.3 Å². The minimum atomic E-state index is -0.0638. The van der Waals surface area contributed by atoms with Gasteiger partial charge in [0.2, 0.25) is 0 Å². The Morgan fingerprint density at radius 1 is 1.22 bits per heavy atom. The zero-order chi connectivity index (χ0) is 13.7. The van der Waals surface area contributed by atoms with Crippen molar-refractivity contribution in [3.63, 3.8) is 0 Å². The molecule has 0 aromatic heterocycles. The van der Waals surface area contributed by atoms with E-state index in [0.29, 0.717) is 6.04 Å². The Morgan fingerprint density at radius 2 is 1.78 bits per heavy atom. The lowest BCUT2D eigenvalue weighted by molar-refractivity contribution is 0.0782. The third kappa shape index (κ3) is 3.66. The predicted molar refractivity (Wildman–Crippen MR) is 80.1 cm³/mol. The van der Waals surface area contributed by atoms with Crippen LogP contribution in [0.4, 0.5) is 0 Å². The van der Waals surface area contributed by atoms with Gasteiger partial charge in [-0.05, 0) is 38.9 Å². The summed E-state index contributed by atoms with van der Waals surface area (Å²) in [7, 11) is 0. The van der Waals surface area contributed by atoms with Crippen LogP contribution in [0.25, 0.3) is 0 Å². The molecular formula is C15H22BrNO. The molecule has 1 aromatic carbocycles. The summed E-state index contributed by atoms with van der Waals surface area (Å²) in [6.07, 6.45) is 1.06.